The van der Waals surface area contributed by atoms with E-state index in [0.29, 0.717) is 6.61 Å². The first-order valence-electron chi connectivity index (χ1n) is 7.88. The van der Waals surface area contributed by atoms with Gasteiger partial charge in [-0.15, -0.1) is 0 Å². The van der Waals surface area contributed by atoms with Gasteiger partial charge in [-0.1, -0.05) is 51.4 Å². The van der Waals surface area contributed by atoms with Crippen LogP contribution in [0.1, 0.15) is 64.2 Å². The maximum atomic E-state index is 11.1. The Balaban J connectivity index is 1.88. The molecule has 4 heteroatoms. The van der Waals surface area contributed by atoms with E-state index in [-0.39, 0.29) is 12.1 Å². The fourth-order valence-corrected chi connectivity index (χ4v) is 3.22. The topological polar surface area (TPSA) is 58.6 Å². The molecule has 3 unspecified atom stereocenters. The van der Waals surface area contributed by atoms with Gasteiger partial charge in [0.15, 0.2) is 0 Å². The van der Waals surface area contributed by atoms with Gasteiger partial charge in [-0.25, -0.2) is 0 Å². The van der Waals surface area contributed by atoms with Crippen LogP contribution in [-0.2, 0) is 9.53 Å². The van der Waals surface area contributed by atoms with Gasteiger partial charge in [-0.05, 0) is 12.8 Å². The molecule has 2 rings (SSSR count). The van der Waals surface area contributed by atoms with Crippen LogP contribution in [0, 0.1) is 0 Å². The summed E-state index contributed by atoms with van der Waals surface area (Å²) >= 11 is 0. The minimum Gasteiger partial charge on any atom is -0.480 e. The number of carbonyl (C=O) groups is 1. The highest BCUT2D eigenvalue weighted by atomic mass is 16.5. The van der Waals surface area contributed by atoms with E-state index in [1.54, 1.807) is 0 Å². The molecule has 1 aliphatic heterocycles. The second kappa shape index (κ2) is 7.85. The van der Waals surface area contributed by atoms with Crippen molar-refractivity contribution in [2.45, 2.75) is 82.4 Å². The maximum Gasteiger partial charge on any atom is 0.323 e. The van der Waals surface area contributed by atoms with Gasteiger partial charge in [0.25, 0.3) is 0 Å². The van der Waals surface area contributed by atoms with E-state index < -0.39 is 12.0 Å². The third kappa shape index (κ3) is 4.77. The quantitative estimate of drug-likeness (QED) is 0.768. The summed E-state index contributed by atoms with van der Waals surface area (Å²) < 4.78 is 5.82. The Morgan fingerprint density at radius 2 is 1.53 bits per heavy atom. The zero-order valence-electron chi connectivity index (χ0n) is 11.8. The molecule has 0 aromatic carbocycles. The van der Waals surface area contributed by atoms with E-state index in [4.69, 9.17) is 9.84 Å². The summed E-state index contributed by atoms with van der Waals surface area (Å²) in [6.45, 7) is 0.316. The molecule has 0 aromatic heterocycles. The van der Waals surface area contributed by atoms with Crippen LogP contribution in [0.3, 0.4) is 0 Å². The molecule has 0 radical (unpaired) electrons. The van der Waals surface area contributed by atoms with Crippen molar-refractivity contribution >= 4 is 5.97 Å². The monoisotopic (exact) mass is 269 g/mol. The van der Waals surface area contributed by atoms with Gasteiger partial charge in [0.1, 0.15) is 6.04 Å². The molecule has 0 bridgehead atoms. The molecule has 2 aliphatic rings. The lowest BCUT2D eigenvalue weighted by Crippen LogP contribution is -2.56. The molecule has 2 fully saturated rings. The van der Waals surface area contributed by atoms with E-state index in [9.17, 15) is 4.79 Å². The van der Waals surface area contributed by atoms with Gasteiger partial charge in [0.05, 0.1) is 12.7 Å². The van der Waals surface area contributed by atoms with E-state index in [0.717, 1.165) is 12.8 Å². The Morgan fingerprint density at radius 3 is 2.16 bits per heavy atom. The summed E-state index contributed by atoms with van der Waals surface area (Å²) in [6, 6.07) is -0.288. The second-order valence-electron chi connectivity index (χ2n) is 5.94. The number of rotatable bonds is 1. The zero-order valence-corrected chi connectivity index (χ0v) is 11.8. The van der Waals surface area contributed by atoms with Crippen molar-refractivity contribution < 1.29 is 14.6 Å². The van der Waals surface area contributed by atoms with Crippen LogP contribution in [0.5, 0.6) is 0 Å². The number of aliphatic carboxylic acids is 1. The predicted octanol–water partition coefficient (Wildman–Crippen LogP) is 2.71. The van der Waals surface area contributed by atoms with Gasteiger partial charge in [0, 0.05) is 6.04 Å². The first-order valence-corrected chi connectivity index (χ1v) is 7.88. The summed E-state index contributed by atoms with van der Waals surface area (Å²) in [5.74, 6) is -0.787. The van der Waals surface area contributed by atoms with Crippen LogP contribution < -0.4 is 5.32 Å². The molecular formula is C15H27NO3. The SMILES string of the molecule is O=C(O)C1COC2CCCCCCCCCCC2N1. The number of nitrogens with one attached hydrogen (secondary N) is 1. The normalized spacial score (nSPS) is 34.6. The molecular weight excluding hydrogens is 242 g/mol. The maximum absolute atomic E-state index is 11.1. The Labute approximate surface area is 115 Å². The van der Waals surface area contributed by atoms with Crippen LogP contribution in [0.15, 0.2) is 0 Å². The molecule has 110 valence electrons. The summed E-state index contributed by atoms with van der Waals surface area (Å²) in [6.07, 6.45) is 12.7. The summed E-state index contributed by atoms with van der Waals surface area (Å²) in [7, 11) is 0. The lowest BCUT2D eigenvalue weighted by atomic mass is 9.94. The van der Waals surface area contributed by atoms with E-state index >= 15 is 0 Å². The lowest BCUT2D eigenvalue weighted by molar-refractivity contribution is -0.146. The largest absolute Gasteiger partial charge is 0.480 e. The Kier molecular flexibility index (Phi) is 6.11. The van der Waals surface area contributed by atoms with Crippen molar-refractivity contribution in [1.29, 1.82) is 0 Å². The van der Waals surface area contributed by atoms with Crippen LogP contribution in [0.4, 0.5) is 0 Å². The number of carboxylic acids is 1. The fourth-order valence-electron chi connectivity index (χ4n) is 3.22. The number of hydrogen-bond donors (Lipinski definition) is 2. The van der Waals surface area contributed by atoms with Gasteiger partial charge in [-0.2, -0.15) is 0 Å². The third-order valence-electron chi connectivity index (χ3n) is 4.39. The summed E-state index contributed by atoms with van der Waals surface area (Å²) in [5.41, 5.74) is 0. The van der Waals surface area contributed by atoms with Gasteiger partial charge in [0.2, 0.25) is 0 Å². The van der Waals surface area contributed by atoms with Gasteiger partial charge in [-0.3, -0.25) is 10.1 Å². The average Bonchev–Trinajstić information content (AvgIpc) is 2.39. The molecule has 0 aromatic rings. The van der Waals surface area contributed by atoms with E-state index in [1.807, 2.05) is 0 Å². The van der Waals surface area contributed by atoms with E-state index in [2.05, 4.69) is 5.32 Å². The minimum absolute atomic E-state index is 0.218. The van der Waals surface area contributed by atoms with Gasteiger partial charge >= 0.3 is 5.97 Å². The second-order valence-corrected chi connectivity index (χ2v) is 5.94. The lowest BCUT2D eigenvalue weighted by Gasteiger charge is -2.36. The molecule has 0 amide bonds. The van der Waals surface area contributed by atoms with E-state index in [1.165, 1.54) is 51.4 Å². The van der Waals surface area contributed by atoms with Crippen LogP contribution in [0.2, 0.25) is 0 Å². The Morgan fingerprint density at radius 1 is 0.947 bits per heavy atom. The first-order chi connectivity index (χ1) is 9.27. The van der Waals surface area contributed by atoms with Crippen LogP contribution >= 0.6 is 0 Å². The molecule has 0 spiro atoms. The molecule has 1 saturated heterocycles. The minimum atomic E-state index is -0.787. The van der Waals surface area contributed by atoms with Crippen LogP contribution in [0.25, 0.3) is 0 Å². The number of morpholine rings is 1. The molecule has 4 nitrogen and oxygen atoms in total. The van der Waals surface area contributed by atoms with Crippen molar-refractivity contribution in [3.05, 3.63) is 0 Å². The first kappa shape index (κ1) is 14.8. The Bertz CT molecular complexity index is 283. The highest BCUT2D eigenvalue weighted by molar-refractivity contribution is 5.73. The highest BCUT2D eigenvalue weighted by Crippen LogP contribution is 2.22. The third-order valence-corrected chi connectivity index (χ3v) is 4.39. The number of hydrogen-bond acceptors (Lipinski definition) is 3. The molecule has 3 atom stereocenters. The van der Waals surface area contributed by atoms with Crippen molar-refractivity contribution in [2.24, 2.45) is 0 Å². The molecule has 19 heavy (non-hydrogen) atoms. The summed E-state index contributed by atoms with van der Waals surface area (Å²) in [5, 5.41) is 12.4. The number of fused-ring (bicyclic) bond motifs is 1. The predicted molar refractivity (Wildman–Crippen MR) is 74.3 cm³/mol. The molecule has 2 N–H and O–H groups in total. The molecule has 1 aliphatic carbocycles. The van der Waals surface area contributed by atoms with Crippen molar-refractivity contribution in [1.82, 2.24) is 5.32 Å². The number of ether oxygens (including phenoxy) is 1. The van der Waals surface area contributed by atoms with Crippen molar-refractivity contribution in [3.8, 4) is 0 Å². The molecule has 1 saturated carbocycles. The fraction of sp³-hybridized carbons (Fsp3) is 0.933. The molecule has 1 heterocycles. The van der Waals surface area contributed by atoms with Gasteiger partial charge < -0.3 is 9.84 Å². The van der Waals surface area contributed by atoms with Crippen LogP contribution in [-0.4, -0.2) is 35.9 Å². The number of carboxylic acid groups (broad SMARTS) is 1. The standard InChI is InChI=1S/C15H27NO3/c17-15(18)13-11-19-14-10-8-6-4-2-1-3-5-7-9-12(14)16-13/h12-14,16H,1-11H2,(H,17,18). The Hall–Kier alpha value is -0.610. The summed E-state index contributed by atoms with van der Waals surface area (Å²) in [4.78, 5) is 11.1. The van der Waals surface area contributed by atoms with Crippen molar-refractivity contribution in [2.75, 3.05) is 6.61 Å². The average molecular weight is 269 g/mol. The van der Waals surface area contributed by atoms with Crippen molar-refractivity contribution in [3.63, 3.8) is 0 Å². The zero-order chi connectivity index (χ0) is 13.5. The smallest absolute Gasteiger partial charge is 0.323 e. The highest BCUT2D eigenvalue weighted by Gasteiger charge is 2.33.